The average Bonchev–Trinajstić information content (AvgIpc) is 2.49. The largest absolute Gasteiger partial charge is 0.480 e. The van der Waals surface area contributed by atoms with Crippen LogP contribution in [0.5, 0.6) is 0 Å². The zero-order valence-electron chi connectivity index (χ0n) is 12.8. The van der Waals surface area contributed by atoms with Gasteiger partial charge in [0.2, 0.25) is 5.91 Å². The number of nitriles is 1. The van der Waals surface area contributed by atoms with E-state index < -0.39 is 29.7 Å². The number of carboxylic acids is 1. The number of alkyl halides is 3. The predicted molar refractivity (Wildman–Crippen MR) is 78.8 cm³/mol. The second-order valence-corrected chi connectivity index (χ2v) is 5.24. The Hall–Kier alpha value is -2.56. The molecule has 0 aliphatic rings. The fourth-order valence-corrected chi connectivity index (χ4v) is 2.10. The van der Waals surface area contributed by atoms with Crippen molar-refractivity contribution in [3.05, 3.63) is 35.4 Å². The van der Waals surface area contributed by atoms with Crippen molar-refractivity contribution in [3.8, 4) is 6.07 Å². The first-order chi connectivity index (χ1) is 11.2. The fraction of sp³-hybridized carbons (Fsp3) is 0.438. The van der Waals surface area contributed by atoms with Crippen LogP contribution in [0, 0.1) is 11.3 Å². The molecule has 0 aliphatic carbocycles. The van der Waals surface area contributed by atoms with E-state index in [1.165, 1.54) is 12.1 Å². The van der Waals surface area contributed by atoms with Crippen molar-refractivity contribution >= 4 is 11.9 Å². The van der Waals surface area contributed by atoms with Gasteiger partial charge in [0.25, 0.3) is 0 Å². The zero-order chi connectivity index (χ0) is 18.2. The number of halogens is 3. The number of rotatable bonds is 8. The third-order valence-electron chi connectivity index (χ3n) is 3.28. The summed E-state index contributed by atoms with van der Waals surface area (Å²) in [6.07, 6.45) is -3.42. The molecule has 2 N–H and O–H groups in total. The summed E-state index contributed by atoms with van der Waals surface area (Å²) in [7, 11) is 0. The van der Waals surface area contributed by atoms with E-state index in [0.29, 0.717) is 19.3 Å². The summed E-state index contributed by atoms with van der Waals surface area (Å²) < 4.78 is 37.9. The lowest BCUT2D eigenvalue weighted by Crippen LogP contribution is -2.41. The molecule has 0 saturated carbocycles. The first kappa shape index (κ1) is 19.5. The molecule has 0 fully saturated rings. The van der Waals surface area contributed by atoms with E-state index >= 15 is 0 Å². The Morgan fingerprint density at radius 2 is 2.00 bits per heavy atom. The molecule has 24 heavy (non-hydrogen) atoms. The normalized spacial score (nSPS) is 12.2. The fourth-order valence-electron chi connectivity index (χ4n) is 2.10. The Balaban J connectivity index is 2.63. The standard InChI is InChI=1S/C16H17F3N2O3/c17-16(18,19)12-6-4-5-11(9-12)10-14(22)21-13(15(23)24)7-2-1-3-8-20/h4-6,9,13H,1-3,7,10H2,(H,21,22)(H,23,24)/t13-/m0/s1. The van der Waals surface area contributed by atoms with Gasteiger partial charge in [0.05, 0.1) is 18.1 Å². The first-order valence-electron chi connectivity index (χ1n) is 7.29. The Morgan fingerprint density at radius 3 is 2.58 bits per heavy atom. The Bertz CT molecular complexity index is 624. The summed E-state index contributed by atoms with van der Waals surface area (Å²) in [5.74, 6) is -1.88. The molecule has 0 aromatic heterocycles. The number of hydrogen-bond donors (Lipinski definition) is 2. The van der Waals surface area contributed by atoms with Gasteiger partial charge in [0.1, 0.15) is 6.04 Å². The van der Waals surface area contributed by atoms with Gasteiger partial charge < -0.3 is 10.4 Å². The summed E-state index contributed by atoms with van der Waals surface area (Å²) in [5, 5.41) is 19.8. The molecule has 1 atom stereocenters. The lowest BCUT2D eigenvalue weighted by atomic mass is 10.1. The molecule has 1 rings (SSSR count). The van der Waals surface area contributed by atoms with Crippen molar-refractivity contribution in [2.75, 3.05) is 0 Å². The third kappa shape index (κ3) is 6.69. The van der Waals surface area contributed by atoms with Crippen LogP contribution in [0.1, 0.15) is 36.8 Å². The molecule has 130 valence electrons. The number of carbonyl (C=O) groups excluding carboxylic acids is 1. The van der Waals surface area contributed by atoms with Gasteiger partial charge in [-0.15, -0.1) is 0 Å². The van der Waals surface area contributed by atoms with Gasteiger partial charge >= 0.3 is 12.1 Å². The van der Waals surface area contributed by atoms with Gasteiger partial charge in [-0.2, -0.15) is 18.4 Å². The lowest BCUT2D eigenvalue weighted by molar-refractivity contribution is -0.142. The molecule has 1 aromatic carbocycles. The van der Waals surface area contributed by atoms with Crippen molar-refractivity contribution in [2.24, 2.45) is 0 Å². The van der Waals surface area contributed by atoms with Crippen LogP contribution < -0.4 is 5.32 Å². The summed E-state index contributed by atoms with van der Waals surface area (Å²) in [5.41, 5.74) is -0.713. The molecular formula is C16H17F3N2O3. The average molecular weight is 342 g/mol. The molecule has 0 spiro atoms. The number of carbonyl (C=O) groups is 2. The van der Waals surface area contributed by atoms with Crippen LogP contribution >= 0.6 is 0 Å². The van der Waals surface area contributed by atoms with Gasteiger partial charge in [-0.25, -0.2) is 4.79 Å². The summed E-state index contributed by atoms with van der Waals surface area (Å²) >= 11 is 0. The SMILES string of the molecule is N#CCCCC[C@H](NC(=O)Cc1cccc(C(F)(F)F)c1)C(=O)O. The van der Waals surface area contributed by atoms with Crippen LogP contribution in [0.15, 0.2) is 24.3 Å². The first-order valence-corrected chi connectivity index (χ1v) is 7.29. The number of carboxylic acid groups (broad SMARTS) is 1. The highest BCUT2D eigenvalue weighted by atomic mass is 19.4. The minimum Gasteiger partial charge on any atom is -0.480 e. The molecule has 0 saturated heterocycles. The Morgan fingerprint density at radius 1 is 1.29 bits per heavy atom. The van der Waals surface area contributed by atoms with E-state index in [2.05, 4.69) is 5.32 Å². The van der Waals surface area contributed by atoms with Gasteiger partial charge in [-0.3, -0.25) is 4.79 Å². The smallest absolute Gasteiger partial charge is 0.416 e. The monoisotopic (exact) mass is 342 g/mol. The lowest BCUT2D eigenvalue weighted by Gasteiger charge is -2.14. The van der Waals surface area contributed by atoms with Crippen molar-refractivity contribution in [3.63, 3.8) is 0 Å². The molecule has 1 aromatic rings. The van der Waals surface area contributed by atoms with Crippen molar-refractivity contribution in [1.82, 2.24) is 5.32 Å². The molecule has 0 radical (unpaired) electrons. The number of nitrogens with zero attached hydrogens (tertiary/aromatic N) is 1. The van der Waals surface area contributed by atoms with E-state index in [-0.39, 0.29) is 18.4 Å². The van der Waals surface area contributed by atoms with Crippen molar-refractivity contribution in [2.45, 2.75) is 44.3 Å². The number of unbranched alkanes of at least 4 members (excludes halogenated alkanes) is 2. The molecule has 0 bridgehead atoms. The molecule has 5 nitrogen and oxygen atoms in total. The number of hydrogen-bond acceptors (Lipinski definition) is 3. The summed E-state index contributed by atoms with van der Waals surface area (Å²) in [4.78, 5) is 23.0. The molecule has 0 unspecified atom stereocenters. The number of nitrogens with one attached hydrogen (secondary N) is 1. The van der Waals surface area contributed by atoms with E-state index in [1.54, 1.807) is 0 Å². The highest BCUT2D eigenvalue weighted by molar-refractivity contribution is 5.84. The van der Waals surface area contributed by atoms with Crippen LogP contribution in [0.2, 0.25) is 0 Å². The quantitative estimate of drug-likeness (QED) is 0.711. The summed E-state index contributed by atoms with van der Waals surface area (Å²) in [6.45, 7) is 0. The van der Waals surface area contributed by atoms with Crippen molar-refractivity contribution in [1.29, 1.82) is 5.26 Å². The number of amides is 1. The van der Waals surface area contributed by atoms with E-state index in [4.69, 9.17) is 10.4 Å². The van der Waals surface area contributed by atoms with E-state index in [0.717, 1.165) is 12.1 Å². The van der Waals surface area contributed by atoms with Gasteiger partial charge in [0, 0.05) is 6.42 Å². The number of aliphatic carboxylic acids is 1. The van der Waals surface area contributed by atoms with Crippen LogP contribution in [0.25, 0.3) is 0 Å². The van der Waals surface area contributed by atoms with Crippen LogP contribution in [0.4, 0.5) is 13.2 Å². The maximum Gasteiger partial charge on any atom is 0.416 e. The van der Waals surface area contributed by atoms with Crippen LogP contribution in [0.3, 0.4) is 0 Å². The number of benzene rings is 1. The van der Waals surface area contributed by atoms with Crippen LogP contribution in [-0.2, 0) is 22.2 Å². The molecule has 0 heterocycles. The molecule has 1 amide bonds. The molecule has 0 aliphatic heterocycles. The minimum absolute atomic E-state index is 0.149. The maximum atomic E-state index is 12.6. The maximum absolute atomic E-state index is 12.6. The van der Waals surface area contributed by atoms with Gasteiger partial charge in [0.15, 0.2) is 0 Å². The topological polar surface area (TPSA) is 90.2 Å². The minimum atomic E-state index is -4.50. The highest BCUT2D eigenvalue weighted by Crippen LogP contribution is 2.29. The second-order valence-electron chi connectivity index (χ2n) is 5.24. The van der Waals surface area contributed by atoms with E-state index in [9.17, 15) is 22.8 Å². The Kier molecular flexibility index (Phi) is 7.24. The summed E-state index contributed by atoms with van der Waals surface area (Å²) in [6, 6.07) is 5.14. The van der Waals surface area contributed by atoms with E-state index in [1.807, 2.05) is 6.07 Å². The van der Waals surface area contributed by atoms with Gasteiger partial charge in [-0.05, 0) is 30.9 Å². The van der Waals surface area contributed by atoms with Gasteiger partial charge in [-0.1, -0.05) is 18.2 Å². The predicted octanol–water partition coefficient (Wildman–Crippen LogP) is 2.90. The molecular weight excluding hydrogens is 325 g/mol. The third-order valence-corrected chi connectivity index (χ3v) is 3.28. The zero-order valence-corrected chi connectivity index (χ0v) is 12.8. The Labute approximate surface area is 137 Å². The highest BCUT2D eigenvalue weighted by Gasteiger charge is 2.30. The molecule has 8 heteroatoms. The van der Waals surface area contributed by atoms with Crippen LogP contribution in [-0.4, -0.2) is 23.0 Å². The second kappa shape index (κ2) is 8.91. The van der Waals surface area contributed by atoms with Crippen molar-refractivity contribution < 1.29 is 27.9 Å².